The van der Waals surface area contributed by atoms with E-state index in [1.807, 2.05) is 0 Å². The minimum absolute atomic E-state index is 0.555. The van der Waals surface area contributed by atoms with Crippen LogP contribution in [-0.4, -0.2) is 14.1 Å². The molecule has 152 valence electrons. The average molecular weight is 376 g/mol. The van der Waals surface area contributed by atoms with Crippen LogP contribution in [0.3, 0.4) is 0 Å². The highest BCUT2D eigenvalue weighted by Gasteiger charge is 2.07. The highest BCUT2D eigenvalue weighted by Crippen LogP contribution is 2.14. The largest absolute Gasteiger partial charge is 0.315 e. The maximum Gasteiger partial charge on any atom is 0.170 e. The fourth-order valence-corrected chi connectivity index (χ4v) is 3.72. The number of nitrogens with two attached hydrogens (primary N) is 1. The first-order valence-electron chi connectivity index (χ1n) is 11.0. The van der Waals surface area contributed by atoms with Gasteiger partial charge < -0.3 is 10.3 Å². The van der Waals surface area contributed by atoms with Crippen molar-refractivity contribution >= 4 is 11.1 Å². The monoisotopic (exact) mass is 375 g/mol. The van der Waals surface area contributed by atoms with Crippen molar-refractivity contribution in [1.29, 1.82) is 0 Å². The van der Waals surface area contributed by atoms with E-state index in [0.29, 0.717) is 6.42 Å². The third kappa shape index (κ3) is 20.2. The van der Waals surface area contributed by atoms with Gasteiger partial charge in [-0.1, -0.05) is 122 Å². The molecule has 0 amide bonds. The van der Waals surface area contributed by atoms with Gasteiger partial charge in [-0.05, 0) is 6.42 Å². The summed E-state index contributed by atoms with van der Waals surface area (Å²) in [5.74, 6) is 0. The zero-order chi connectivity index (χ0) is 18.6. The molecule has 0 aromatic heterocycles. The maximum absolute atomic E-state index is 10.7. The molecule has 0 spiro atoms. The van der Waals surface area contributed by atoms with Gasteiger partial charge in [0.15, 0.2) is 11.1 Å². The van der Waals surface area contributed by atoms with Crippen LogP contribution in [-0.2, 0) is 11.1 Å². The fraction of sp³-hybridized carbons (Fsp3) is 1.00. The van der Waals surface area contributed by atoms with E-state index in [1.54, 1.807) is 0 Å². The molecule has 0 heterocycles. The summed E-state index contributed by atoms with van der Waals surface area (Å²) in [7, 11) is 0. The zero-order valence-electron chi connectivity index (χ0n) is 16.9. The lowest BCUT2D eigenvalue weighted by Gasteiger charge is -2.06. The van der Waals surface area contributed by atoms with E-state index in [-0.39, 0.29) is 0 Å². The Kier molecular flexibility index (Phi) is 20.4. The molecule has 0 saturated carbocycles. The van der Waals surface area contributed by atoms with Crippen molar-refractivity contribution in [2.24, 2.45) is 5.73 Å². The first-order chi connectivity index (χ1) is 12.2. The minimum atomic E-state index is -1.85. The van der Waals surface area contributed by atoms with Crippen LogP contribution in [0.15, 0.2) is 0 Å². The van der Waals surface area contributed by atoms with E-state index < -0.39 is 16.5 Å². The summed E-state index contributed by atoms with van der Waals surface area (Å²) in [6.45, 7) is 2.28. The van der Waals surface area contributed by atoms with Gasteiger partial charge in [-0.25, -0.2) is 4.21 Å². The summed E-state index contributed by atoms with van der Waals surface area (Å²) in [4.78, 5) is 0. The number of hydrogen-bond donors (Lipinski definition) is 2. The molecule has 2 atom stereocenters. The second kappa shape index (κ2) is 20.4. The molecule has 0 aromatic rings. The molecule has 0 radical (unpaired) electrons. The number of rotatable bonds is 20. The predicted octanol–water partition coefficient (Wildman–Crippen LogP) is 6.92. The molecule has 0 bridgehead atoms. The van der Waals surface area contributed by atoms with Crippen molar-refractivity contribution in [2.45, 2.75) is 134 Å². The zero-order valence-corrected chi connectivity index (χ0v) is 17.7. The molecule has 0 aromatic carbocycles. The van der Waals surface area contributed by atoms with Gasteiger partial charge in [0, 0.05) is 0 Å². The SMILES string of the molecule is CCCCCCCCCCCCCCCCCCCCC(N)S(=O)O. The maximum atomic E-state index is 10.7. The van der Waals surface area contributed by atoms with E-state index in [4.69, 9.17) is 10.3 Å². The van der Waals surface area contributed by atoms with E-state index in [9.17, 15) is 4.21 Å². The van der Waals surface area contributed by atoms with E-state index in [2.05, 4.69) is 6.92 Å². The van der Waals surface area contributed by atoms with Crippen molar-refractivity contribution in [2.75, 3.05) is 0 Å². The van der Waals surface area contributed by atoms with Gasteiger partial charge in [-0.2, -0.15) is 0 Å². The van der Waals surface area contributed by atoms with Gasteiger partial charge in [0.1, 0.15) is 5.37 Å². The molecule has 0 aliphatic heterocycles. The number of hydrogen-bond acceptors (Lipinski definition) is 2. The Labute approximate surface area is 160 Å². The topological polar surface area (TPSA) is 63.3 Å². The smallest absolute Gasteiger partial charge is 0.170 e. The average Bonchev–Trinajstić information content (AvgIpc) is 2.60. The van der Waals surface area contributed by atoms with Crippen molar-refractivity contribution in [3.63, 3.8) is 0 Å². The molecule has 25 heavy (non-hydrogen) atoms. The normalized spacial score (nSPS) is 13.9. The third-order valence-electron chi connectivity index (χ3n) is 5.10. The minimum Gasteiger partial charge on any atom is -0.315 e. The molecule has 3 N–H and O–H groups in total. The van der Waals surface area contributed by atoms with Crippen molar-refractivity contribution in [3.05, 3.63) is 0 Å². The first-order valence-corrected chi connectivity index (χ1v) is 12.2. The molecule has 3 nitrogen and oxygen atoms in total. The van der Waals surface area contributed by atoms with Crippen LogP contribution in [0, 0.1) is 0 Å². The van der Waals surface area contributed by atoms with E-state index in [0.717, 1.165) is 12.8 Å². The lowest BCUT2D eigenvalue weighted by Crippen LogP contribution is -2.24. The number of unbranched alkanes of at least 4 members (excludes halogenated alkanes) is 17. The first kappa shape index (κ1) is 25.1. The predicted molar refractivity (Wildman–Crippen MR) is 112 cm³/mol. The van der Waals surface area contributed by atoms with Crippen LogP contribution in [0.25, 0.3) is 0 Å². The van der Waals surface area contributed by atoms with Gasteiger partial charge in [0.25, 0.3) is 0 Å². The molecule has 0 fully saturated rings. The van der Waals surface area contributed by atoms with Crippen LogP contribution in [0.4, 0.5) is 0 Å². The Bertz CT molecular complexity index is 287. The van der Waals surface area contributed by atoms with Crippen molar-refractivity contribution < 1.29 is 8.76 Å². The lowest BCUT2D eigenvalue weighted by atomic mass is 10.0. The van der Waals surface area contributed by atoms with Crippen LogP contribution >= 0.6 is 0 Å². The molecule has 2 unspecified atom stereocenters. The summed E-state index contributed by atoms with van der Waals surface area (Å²) in [6, 6.07) is 0. The molecular weight excluding hydrogens is 330 g/mol. The van der Waals surface area contributed by atoms with E-state index in [1.165, 1.54) is 103 Å². The summed E-state index contributed by atoms with van der Waals surface area (Å²) in [6.07, 6.45) is 25.1. The van der Waals surface area contributed by atoms with Gasteiger partial charge >= 0.3 is 0 Å². The highest BCUT2D eigenvalue weighted by molar-refractivity contribution is 7.79. The summed E-state index contributed by atoms with van der Waals surface area (Å²) < 4.78 is 19.5. The standard InChI is InChI=1S/C21H45NO2S/c1-2-3-4-5-6-7-8-9-10-11-12-13-14-15-16-17-18-19-20-21(22)25(23)24/h21H,2-20,22H2,1H3,(H,23,24). The Hall–Kier alpha value is 0.0700. The quantitative estimate of drug-likeness (QED) is 0.179. The summed E-state index contributed by atoms with van der Waals surface area (Å²) in [5, 5.41) is -0.555. The van der Waals surface area contributed by atoms with Gasteiger partial charge in [-0.3, -0.25) is 0 Å². The van der Waals surface area contributed by atoms with Crippen LogP contribution in [0.1, 0.15) is 129 Å². The van der Waals surface area contributed by atoms with Gasteiger partial charge in [-0.15, -0.1) is 0 Å². The second-order valence-corrected chi connectivity index (χ2v) is 8.77. The van der Waals surface area contributed by atoms with Crippen molar-refractivity contribution in [1.82, 2.24) is 0 Å². The molecule has 0 aliphatic carbocycles. The molecule has 0 rings (SSSR count). The Morgan fingerprint density at radius 1 is 0.640 bits per heavy atom. The Morgan fingerprint density at radius 2 is 0.920 bits per heavy atom. The lowest BCUT2D eigenvalue weighted by molar-refractivity contribution is 0.515. The highest BCUT2D eigenvalue weighted by atomic mass is 32.2. The molecule has 0 saturated heterocycles. The molecule has 4 heteroatoms. The summed E-state index contributed by atoms with van der Waals surface area (Å²) in [5.41, 5.74) is 5.54. The van der Waals surface area contributed by atoms with Crippen molar-refractivity contribution in [3.8, 4) is 0 Å². The summed E-state index contributed by atoms with van der Waals surface area (Å²) >= 11 is -1.85. The van der Waals surface area contributed by atoms with E-state index >= 15 is 0 Å². The van der Waals surface area contributed by atoms with Gasteiger partial charge in [0.05, 0.1) is 0 Å². The van der Waals surface area contributed by atoms with Crippen LogP contribution in [0.2, 0.25) is 0 Å². The Morgan fingerprint density at radius 3 is 1.20 bits per heavy atom. The fourth-order valence-electron chi connectivity index (χ4n) is 3.35. The van der Waals surface area contributed by atoms with Crippen LogP contribution < -0.4 is 5.73 Å². The second-order valence-electron chi connectivity index (χ2n) is 7.61. The molecule has 0 aliphatic rings. The Balaban J connectivity index is 3.04. The van der Waals surface area contributed by atoms with Crippen LogP contribution in [0.5, 0.6) is 0 Å². The molecular formula is C21H45NO2S. The third-order valence-corrected chi connectivity index (χ3v) is 5.85. The van der Waals surface area contributed by atoms with Gasteiger partial charge in [0.2, 0.25) is 0 Å².